The smallest absolute Gasteiger partial charge is 0.116 e. The molecule has 0 aliphatic heterocycles. The van der Waals surface area contributed by atoms with Crippen molar-refractivity contribution >= 4 is 38.8 Å². The molecule has 5 aromatic heterocycles. The lowest BCUT2D eigenvalue weighted by Gasteiger charge is -2.13. The summed E-state index contributed by atoms with van der Waals surface area (Å²) >= 11 is 1.76. The molecule has 162 valence electrons. The first-order chi connectivity index (χ1) is 16.1. The number of hydrogen-bond acceptors (Lipinski definition) is 5. The third kappa shape index (κ3) is 3.37. The fraction of sp³-hybridized carbons (Fsp3) is 0.115. The molecule has 0 spiro atoms. The van der Waals surface area contributed by atoms with Gasteiger partial charge in [-0.1, -0.05) is 6.07 Å². The summed E-state index contributed by atoms with van der Waals surface area (Å²) in [5.41, 5.74) is 8.16. The summed E-state index contributed by atoms with van der Waals surface area (Å²) in [7, 11) is 4.05. The molecule has 0 aliphatic carbocycles. The van der Waals surface area contributed by atoms with Crippen LogP contribution in [0, 0.1) is 6.92 Å². The minimum absolute atomic E-state index is 0.896. The minimum Gasteiger partial charge on any atom is -0.376 e. The monoisotopic (exact) mass is 450 g/mol. The van der Waals surface area contributed by atoms with Crippen LogP contribution in [0.1, 0.15) is 4.88 Å². The number of aromatic amines is 2. The highest BCUT2D eigenvalue weighted by Crippen LogP contribution is 2.36. The minimum atomic E-state index is 0.896. The van der Waals surface area contributed by atoms with Gasteiger partial charge in [0, 0.05) is 53.2 Å². The molecule has 33 heavy (non-hydrogen) atoms. The molecule has 0 aliphatic rings. The summed E-state index contributed by atoms with van der Waals surface area (Å²) < 4.78 is 0. The number of rotatable bonds is 4. The Morgan fingerprint density at radius 2 is 1.73 bits per heavy atom. The van der Waals surface area contributed by atoms with Crippen molar-refractivity contribution in [3.8, 4) is 33.1 Å². The maximum Gasteiger partial charge on any atom is 0.116 e. The number of nitrogens with one attached hydrogen (secondary N) is 2. The van der Waals surface area contributed by atoms with Gasteiger partial charge in [-0.05, 0) is 55.0 Å². The molecule has 1 aromatic carbocycles. The molecule has 6 nitrogen and oxygen atoms in total. The SMILES string of the molecule is Cc1ccc(-c2nccc3[nH]c(-c4n[nH]c5ccc(-c6cncc(N(C)C)c6)cc45)cc23)s1. The lowest BCUT2D eigenvalue weighted by molar-refractivity contribution is 1.11. The lowest BCUT2D eigenvalue weighted by Crippen LogP contribution is -2.08. The average molecular weight is 451 g/mol. The molecule has 6 rings (SSSR count). The van der Waals surface area contributed by atoms with Crippen LogP contribution in [-0.4, -0.2) is 39.2 Å². The highest BCUT2D eigenvalue weighted by molar-refractivity contribution is 7.15. The molecule has 0 amide bonds. The summed E-state index contributed by atoms with van der Waals surface area (Å²) in [4.78, 5) is 17.2. The highest BCUT2D eigenvalue weighted by Gasteiger charge is 2.15. The van der Waals surface area contributed by atoms with E-state index in [-0.39, 0.29) is 0 Å². The number of H-pyrrole nitrogens is 2. The largest absolute Gasteiger partial charge is 0.376 e. The van der Waals surface area contributed by atoms with Crippen LogP contribution in [0.5, 0.6) is 0 Å². The first-order valence-electron chi connectivity index (χ1n) is 10.7. The van der Waals surface area contributed by atoms with Crippen LogP contribution < -0.4 is 4.90 Å². The number of anilines is 1. The van der Waals surface area contributed by atoms with E-state index in [1.807, 2.05) is 38.8 Å². The molecule has 7 heteroatoms. The van der Waals surface area contributed by atoms with Gasteiger partial charge in [-0.3, -0.25) is 15.1 Å². The Bertz CT molecular complexity index is 1620. The van der Waals surface area contributed by atoms with Crippen LogP contribution in [0.2, 0.25) is 0 Å². The van der Waals surface area contributed by atoms with Gasteiger partial charge in [0.25, 0.3) is 0 Å². The van der Waals surface area contributed by atoms with Gasteiger partial charge < -0.3 is 9.88 Å². The standard InChI is InChI=1S/C26H22N6S/c1-15-4-7-24(33-15)26-20-12-23(29-21(20)8-9-28-26)25-19-11-16(5-6-22(19)30-31-25)17-10-18(32(2)3)14-27-13-17/h4-14,29H,1-3H3,(H,30,31). The third-order valence-corrected chi connectivity index (χ3v) is 6.92. The molecular formula is C26H22N6S. The zero-order chi connectivity index (χ0) is 22.5. The van der Waals surface area contributed by atoms with Crippen molar-refractivity contribution in [1.82, 2.24) is 25.1 Å². The molecule has 0 unspecified atom stereocenters. The van der Waals surface area contributed by atoms with Gasteiger partial charge in [-0.25, -0.2) is 0 Å². The van der Waals surface area contributed by atoms with E-state index in [1.165, 1.54) is 9.75 Å². The van der Waals surface area contributed by atoms with Gasteiger partial charge in [0.05, 0.1) is 33.7 Å². The van der Waals surface area contributed by atoms with Gasteiger partial charge >= 0.3 is 0 Å². The van der Waals surface area contributed by atoms with Gasteiger partial charge in [0.1, 0.15) is 5.69 Å². The van der Waals surface area contributed by atoms with E-state index >= 15 is 0 Å². The Kier molecular flexibility index (Phi) is 4.52. The van der Waals surface area contributed by atoms with Crippen LogP contribution in [0.15, 0.2) is 67.1 Å². The molecule has 2 N–H and O–H groups in total. The van der Waals surface area contributed by atoms with Gasteiger partial charge in [-0.15, -0.1) is 11.3 Å². The van der Waals surface area contributed by atoms with E-state index in [0.29, 0.717) is 0 Å². The van der Waals surface area contributed by atoms with E-state index in [0.717, 1.165) is 55.7 Å². The van der Waals surface area contributed by atoms with Crippen LogP contribution in [0.3, 0.4) is 0 Å². The predicted molar refractivity (Wildman–Crippen MR) is 137 cm³/mol. The number of aryl methyl sites for hydroxylation is 1. The first kappa shape index (κ1) is 19.7. The van der Waals surface area contributed by atoms with Crippen LogP contribution in [-0.2, 0) is 0 Å². The van der Waals surface area contributed by atoms with Crippen LogP contribution in [0.25, 0.3) is 54.9 Å². The molecule has 0 radical (unpaired) electrons. The normalized spacial score (nSPS) is 11.5. The lowest BCUT2D eigenvalue weighted by atomic mass is 10.0. The first-order valence-corrected chi connectivity index (χ1v) is 11.5. The summed E-state index contributed by atoms with van der Waals surface area (Å²) in [5, 5.41) is 10.00. The van der Waals surface area contributed by atoms with Crippen molar-refractivity contribution in [2.45, 2.75) is 6.92 Å². The van der Waals surface area contributed by atoms with E-state index in [9.17, 15) is 0 Å². The van der Waals surface area contributed by atoms with E-state index < -0.39 is 0 Å². The van der Waals surface area contributed by atoms with Crippen molar-refractivity contribution < 1.29 is 0 Å². The molecule has 0 saturated carbocycles. The van der Waals surface area contributed by atoms with Crippen molar-refractivity contribution in [2.24, 2.45) is 0 Å². The summed E-state index contributed by atoms with van der Waals surface area (Å²) in [6.07, 6.45) is 5.63. The number of hydrogen-bond donors (Lipinski definition) is 2. The van der Waals surface area contributed by atoms with Crippen LogP contribution >= 0.6 is 11.3 Å². The number of nitrogens with zero attached hydrogens (tertiary/aromatic N) is 4. The maximum absolute atomic E-state index is 4.67. The maximum atomic E-state index is 4.67. The second kappa shape index (κ2) is 7.56. The Balaban J connectivity index is 1.48. The summed E-state index contributed by atoms with van der Waals surface area (Å²) in [6.45, 7) is 2.12. The fourth-order valence-corrected chi connectivity index (χ4v) is 5.05. The van der Waals surface area contributed by atoms with E-state index in [2.05, 4.69) is 79.4 Å². The van der Waals surface area contributed by atoms with Gasteiger partial charge in [0.2, 0.25) is 0 Å². The highest BCUT2D eigenvalue weighted by atomic mass is 32.1. The van der Waals surface area contributed by atoms with Crippen LogP contribution in [0.4, 0.5) is 5.69 Å². The topological polar surface area (TPSA) is 73.5 Å². The van der Waals surface area contributed by atoms with Crippen molar-refractivity contribution in [3.05, 3.63) is 72.0 Å². The van der Waals surface area contributed by atoms with Crippen molar-refractivity contribution in [3.63, 3.8) is 0 Å². The number of aromatic nitrogens is 5. The second-order valence-corrected chi connectivity index (χ2v) is 9.66. The molecule has 0 saturated heterocycles. The summed E-state index contributed by atoms with van der Waals surface area (Å²) in [5.74, 6) is 0. The van der Waals surface area contributed by atoms with Gasteiger partial charge in [0.15, 0.2) is 0 Å². The quantitative estimate of drug-likeness (QED) is 0.332. The van der Waals surface area contributed by atoms with Gasteiger partial charge in [-0.2, -0.15) is 5.10 Å². The Hall–Kier alpha value is -3.97. The Labute approximate surface area is 195 Å². The Morgan fingerprint density at radius 1 is 0.848 bits per heavy atom. The second-order valence-electron chi connectivity index (χ2n) is 8.37. The zero-order valence-corrected chi connectivity index (χ0v) is 19.4. The third-order valence-electron chi connectivity index (χ3n) is 5.91. The number of fused-ring (bicyclic) bond motifs is 2. The number of pyridine rings is 2. The number of benzene rings is 1. The molecule has 0 fully saturated rings. The van der Waals surface area contributed by atoms with Crippen molar-refractivity contribution in [2.75, 3.05) is 19.0 Å². The summed E-state index contributed by atoms with van der Waals surface area (Å²) in [6, 6.07) is 17.0. The molecule has 0 atom stereocenters. The Morgan fingerprint density at radius 3 is 2.55 bits per heavy atom. The molecular weight excluding hydrogens is 428 g/mol. The fourth-order valence-electron chi connectivity index (χ4n) is 4.17. The molecule has 5 heterocycles. The molecule has 0 bridgehead atoms. The van der Waals surface area contributed by atoms with E-state index in [4.69, 9.17) is 0 Å². The average Bonchev–Trinajstić information content (AvgIpc) is 3.55. The predicted octanol–water partition coefficient (Wildman–Crippen LogP) is 6.27. The molecule has 6 aromatic rings. The van der Waals surface area contributed by atoms with Crippen molar-refractivity contribution in [1.29, 1.82) is 0 Å². The zero-order valence-electron chi connectivity index (χ0n) is 18.5. The number of thiophene rings is 1. The van der Waals surface area contributed by atoms with E-state index in [1.54, 1.807) is 11.3 Å².